The van der Waals surface area contributed by atoms with Crippen molar-refractivity contribution >= 4 is 40.5 Å². The third-order valence-corrected chi connectivity index (χ3v) is 2.65. The Hall–Kier alpha value is -0.490. The largest absolute Gasteiger partial charge is 0.409 e. The monoisotopic (exact) mass is 221 g/mol. The van der Waals surface area contributed by atoms with Gasteiger partial charge >= 0.3 is 5.69 Å². The zero-order chi connectivity index (χ0) is 9.30. The topological polar surface area (TPSA) is 28.1 Å². The molecule has 0 saturated carbocycles. The molecule has 0 aliphatic rings. The Morgan fingerprint density at radius 2 is 1.83 bits per heavy atom. The highest BCUT2D eigenvalue weighted by Gasteiger charge is 2.21. The molecule has 0 unspecified atom stereocenters. The fraction of sp³-hybridized carbons (Fsp3) is 0.143. The Labute approximate surface area is 84.7 Å². The van der Waals surface area contributed by atoms with Crippen molar-refractivity contribution in [2.24, 2.45) is 0 Å². The van der Waals surface area contributed by atoms with Crippen LogP contribution in [0.15, 0.2) is 6.07 Å². The zero-order valence-corrected chi connectivity index (χ0v) is 8.37. The summed E-state index contributed by atoms with van der Waals surface area (Å²) in [6.07, 6.45) is 0. The number of nitrogens with zero attached hydrogens (tertiary/aromatic N) is 2. The molecule has 0 atom stereocenters. The molecule has 1 aromatic carbocycles. The van der Waals surface area contributed by atoms with Crippen molar-refractivity contribution in [2.75, 3.05) is 0 Å². The van der Waals surface area contributed by atoms with Crippen LogP contribution in [-0.2, 0) is 0 Å². The van der Waals surface area contributed by atoms with Crippen LogP contribution in [0.25, 0.3) is 4.98 Å². The van der Waals surface area contributed by atoms with E-state index in [9.17, 15) is 0 Å². The van der Waals surface area contributed by atoms with Crippen molar-refractivity contribution in [3.8, 4) is 0 Å². The van der Waals surface area contributed by atoms with E-state index in [-0.39, 0.29) is 15.7 Å². The molecular weight excluding hydrogens is 218 g/mol. The van der Waals surface area contributed by atoms with Crippen molar-refractivity contribution in [2.45, 2.75) is 6.92 Å². The van der Waals surface area contributed by atoms with E-state index >= 15 is 0 Å². The van der Waals surface area contributed by atoms with Crippen LogP contribution in [0.4, 0.5) is 5.69 Å². The van der Waals surface area contributed by atoms with E-state index in [0.717, 1.165) is 0 Å². The lowest BCUT2D eigenvalue weighted by molar-refractivity contribution is 1.41. The molecule has 5 heteroatoms. The molecule has 0 aliphatic heterocycles. The minimum atomic E-state index is 0.209. The van der Waals surface area contributed by atoms with Crippen LogP contribution in [0.3, 0.4) is 0 Å². The van der Waals surface area contributed by atoms with Gasteiger partial charge in [-0.05, 0) is 13.0 Å². The summed E-state index contributed by atoms with van der Waals surface area (Å²) < 4.78 is 0. The van der Waals surface area contributed by atoms with E-state index in [0.29, 0.717) is 10.6 Å². The van der Waals surface area contributed by atoms with Crippen LogP contribution in [-0.4, -0.2) is 0 Å². The van der Waals surface area contributed by atoms with Crippen molar-refractivity contribution in [1.29, 1.82) is 5.39 Å². The second-order valence-electron chi connectivity index (χ2n) is 2.23. The lowest BCUT2D eigenvalue weighted by Crippen LogP contribution is -1.78. The zero-order valence-electron chi connectivity index (χ0n) is 6.11. The van der Waals surface area contributed by atoms with Crippen LogP contribution in [0, 0.1) is 12.3 Å². The summed E-state index contributed by atoms with van der Waals surface area (Å²) in [6, 6.07) is 1.51. The van der Waals surface area contributed by atoms with Crippen molar-refractivity contribution < 1.29 is 0 Å². The van der Waals surface area contributed by atoms with Gasteiger partial charge in [0.2, 0.25) is 5.39 Å². The summed E-state index contributed by atoms with van der Waals surface area (Å²) in [5.74, 6) is 0. The number of halogens is 3. The van der Waals surface area contributed by atoms with Crippen molar-refractivity contribution in [1.82, 2.24) is 0 Å². The maximum absolute atomic E-state index is 8.57. The normalized spacial score (nSPS) is 9.58. The van der Waals surface area contributed by atoms with Crippen LogP contribution < -0.4 is 0 Å². The van der Waals surface area contributed by atoms with Gasteiger partial charge in [0, 0.05) is 0 Å². The quantitative estimate of drug-likeness (QED) is 0.471. The van der Waals surface area contributed by atoms with Crippen molar-refractivity contribution in [3.63, 3.8) is 0 Å². The van der Waals surface area contributed by atoms with Gasteiger partial charge in [-0.3, -0.25) is 0 Å². The van der Waals surface area contributed by atoms with Gasteiger partial charge in [0.1, 0.15) is 0 Å². The third kappa shape index (κ3) is 1.49. The highest BCUT2D eigenvalue weighted by molar-refractivity contribution is 6.45. The summed E-state index contributed by atoms with van der Waals surface area (Å²) in [6.45, 7) is 1.69. The molecule has 0 aliphatic carbocycles. The Morgan fingerprint density at radius 1 is 1.25 bits per heavy atom. The van der Waals surface area contributed by atoms with Crippen LogP contribution in [0.5, 0.6) is 0 Å². The van der Waals surface area contributed by atoms with Crippen LogP contribution >= 0.6 is 34.8 Å². The van der Waals surface area contributed by atoms with E-state index in [1.807, 2.05) is 0 Å². The van der Waals surface area contributed by atoms with Gasteiger partial charge in [-0.25, -0.2) is 0 Å². The molecule has 12 heavy (non-hydrogen) atoms. The first-order valence-electron chi connectivity index (χ1n) is 3.07. The second kappa shape index (κ2) is 3.49. The fourth-order valence-corrected chi connectivity index (χ4v) is 1.48. The average molecular weight is 222 g/mol. The van der Waals surface area contributed by atoms with Gasteiger partial charge in [-0.1, -0.05) is 34.8 Å². The highest BCUT2D eigenvalue weighted by Crippen LogP contribution is 2.39. The number of benzene rings is 1. The predicted octanol–water partition coefficient (Wildman–Crippen LogP) is 4.44. The lowest BCUT2D eigenvalue weighted by atomic mass is 10.2. The Kier molecular flexibility index (Phi) is 2.79. The van der Waals surface area contributed by atoms with E-state index < -0.39 is 0 Å². The molecule has 1 aromatic rings. The lowest BCUT2D eigenvalue weighted by Gasteiger charge is -1.96. The summed E-state index contributed by atoms with van der Waals surface area (Å²) in [5, 5.41) is 9.49. The molecule has 62 valence electrons. The van der Waals surface area contributed by atoms with E-state index in [1.165, 1.54) is 6.07 Å². The molecule has 0 fully saturated rings. The molecule has 0 heterocycles. The minimum Gasteiger partial charge on any atom is -0.0837 e. The maximum Gasteiger partial charge on any atom is 0.409 e. The summed E-state index contributed by atoms with van der Waals surface area (Å²) >= 11 is 17.2. The summed E-state index contributed by atoms with van der Waals surface area (Å²) in [7, 11) is 0. The van der Waals surface area contributed by atoms with Crippen LogP contribution in [0.1, 0.15) is 5.56 Å². The van der Waals surface area contributed by atoms with Crippen molar-refractivity contribution in [3.05, 3.63) is 31.7 Å². The first-order chi connectivity index (χ1) is 5.57. The van der Waals surface area contributed by atoms with Gasteiger partial charge in [-0.2, -0.15) is 0 Å². The molecule has 0 bridgehead atoms. The molecule has 2 nitrogen and oxygen atoms in total. The summed E-state index contributed by atoms with van der Waals surface area (Å²) in [5.41, 5.74) is 0.822. The third-order valence-electron chi connectivity index (χ3n) is 1.48. The molecular formula is C7H4Cl3N2+. The number of diazo groups is 1. The Balaban J connectivity index is 3.56. The average Bonchev–Trinajstić information content (AvgIpc) is 2.02. The van der Waals surface area contributed by atoms with E-state index in [2.05, 4.69) is 4.98 Å². The van der Waals surface area contributed by atoms with Gasteiger partial charge in [0.25, 0.3) is 0 Å². The maximum atomic E-state index is 8.57. The molecule has 0 amide bonds. The smallest absolute Gasteiger partial charge is 0.0837 e. The standard InChI is InChI=1S/C7H4Cl3N2/c1-3-4(8)2-5(9)6(10)7(3)12-11/h2H,1H3/q+1. The number of hydrogen-bond acceptors (Lipinski definition) is 1. The Morgan fingerprint density at radius 3 is 2.33 bits per heavy atom. The number of hydrogen-bond donors (Lipinski definition) is 0. The molecule has 0 saturated heterocycles. The fourth-order valence-electron chi connectivity index (χ4n) is 0.793. The van der Waals surface area contributed by atoms with Crippen LogP contribution in [0.2, 0.25) is 15.1 Å². The first-order valence-corrected chi connectivity index (χ1v) is 4.20. The first kappa shape index (κ1) is 9.60. The number of rotatable bonds is 0. The predicted molar refractivity (Wildman–Crippen MR) is 51.0 cm³/mol. The van der Waals surface area contributed by atoms with Gasteiger partial charge in [-0.15, -0.1) is 0 Å². The van der Waals surface area contributed by atoms with Gasteiger partial charge in [0.05, 0.1) is 15.6 Å². The molecule has 0 aromatic heterocycles. The van der Waals surface area contributed by atoms with Gasteiger partial charge in [0.15, 0.2) is 10.00 Å². The van der Waals surface area contributed by atoms with E-state index in [1.54, 1.807) is 6.92 Å². The molecule has 1 rings (SSSR count). The van der Waals surface area contributed by atoms with E-state index in [4.69, 9.17) is 40.2 Å². The Bertz CT molecular complexity index is 342. The minimum absolute atomic E-state index is 0.209. The molecule has 0 spiro atoms. The molecule has 0 radical (unpaired) electrons. The van der Waals surface area contributed by atoms with Gasteiger partial charge < -0.3 is 0 Å². The SMILES string of the molecule is Cc1c(Cl)cc(Cl)c(Cl)c1[N+]#N. The second-order valence-corrected chi connectivity index (χ2v) is 3.42. The highest BCUT2D eigenvalue weighted by atomic mass is 35.5. The molecule has 0 N–H and O–H groups in total. The summed E-state index contributed by atoms with van der Waals surface area (Å²) in [4.78, 5) is 2.99.